The third kappa shape index (κ3) is 5.00. The summed E-state index contributed by atoms with van der Waals surface area (Å²) in [7, 11) is 0. The Balaban J connectivity index is 0.00000225. The van der Waals surface area contributed by atoms with Crippen LogP contribution in [0.4, 0.5) is 0 Å². The highest BCUT2D eigenvalue weighted by atomic mass is 35.5. The van der Waals surface area contributed by atoms with Crippen LogP contribution in [0.1, 0.15) is 23.2 Å². The van der Waals surface area contributed by atoms with Crippen molar-refractivity contribution in [3.8, 4) is 0 Å². The minimum Gasteiger partial charge on any atom is -0.339 e. The predicted molar refractivity (Wildman–Crippen MR) is 102 cm³/mol. The lowest BCUT2D eigenvalue weighted by Crippen LogP contribution is -2.53. The van der Waals surface area contributed by atoms with Crippen molar-refractivity contribution in [1.82, 2.24) is 15.1 Å². The Bertz CT molecular complexity index is 607. The molecule has 1 unspecified atom stereocenters. The van der Waals surface area contributed by atoms with Crippen LogP contribution in [0.15, 0.2) is 18.2 Å². The smallest absolute Gasteiger partial charge is 0.254 e. The summed E-state index contributed by atoms with van der Waals surface area (Å²) in [6.07, 6.45) is 2.00. The normalized spacial score (nSPS) is 20.8. The standard InChI is InChI=1S/C17H21Cl2N3O2.ClH/c18-14-8-13(9-15(19)10-14)17(24)22-6-4-21(5-7-22)16(23)12-2-1-3-20-11-12;/h8-10,12,20H,1-7,11H2;1H. The summed E-state index contributed by atoms with van der Waals surface area (Å²) >= 11 is 11.9. The van der Waals surface area contributed by atoms with Crippen LogP contribution in [0.2, 0.25) is 10.0 Å². The van der Waals surface area contributed by atoms with E-state index in [0.717, 1.165) is 25.9 Å². The van der Waals surface area contributed by atoms with Crippen molar-refractivity contribution in [2.24, 2.45) is 5.92 Å². The molecule has 0 aromatic heterocycles. The molecule has 1 aromatic carbocycles. The molecule has 3 rings (SSSR count). The third-order valence-corrected chi connectivity index (χ3v) is 5.07. The van der Waals surface area contributed by atoms with Gasteiger partial charge in [0.1, 0.15) is 0 Å². The van der Waals surface area contributed by atoms with E-state index < -0.39 is 0 Å². The van der Waals surface area contributed by atoms with Crippen LogP contribution in [0, 0.1) is 5.92 Å². The van der Waals surface area contributed by atoms with E-state index >= 15 is 0 Å². The molecule has 0 bridgehead atoms. The minimum atomic E-state index is -0.0918. The highest BCUT2D eigenvalue weighted by molar-refractivity contribution is 6.35. The molecule has 2 heterocycles. The van der Waals surface area contributed by atoms with Gasteiger partial charge in [0.2, 0.25) is 5.91 Å². The first kappa shape index (κ1) is 20.3. The molecule has 0 spiro atoms. The number of hydrogen-bond acceptors (Lipinski definition) is 3. The highest BCUT2D eigenvalue weighted by Crippen LogP contribution is 2.21. The van der Waals surface area contributed by atoms with Gasteiger partial charge in [-0.2, -0.15) is 0 Å². The number of nitrogens with one attached hydrogen (secondary N) is 1. The van der Waals surface area contributed by atoms with E-state index in [4.69, 9.17) is 23.2 Å². The average Bonchev–Trinajstić information content (AvgIpc) is 2.60. The van der Waals surface area contributed by atoms with Crippen LogP contribution in [0.25, 0.3) is 0 Å². The molecular formula is C17H22Cl3N3O2. The van der Waals surface area contributed by atoms with Gasteiger partial charge in [0.15, 0.2) is 0 Å². The molecule has 0 aliphatic carbocycles. The fourth-order valence-electron chi connectivity index (χ4n) is 3.31. The summed E-state index contributed by atoms with van der Waals surface area (Å²) in [6.45, 7) is 3.99. The SMILES string of the molecule is Cl.O=C(c1cc(Cl)cc(Cl)c1)N1CCN(C(=O)C2CCCNC2)CC1. The summed E-state index contributed by atoms with van der Waals surface area (Å²) in [4.78, 5) is 28.8. The van der Waals surface area contributed by atoms with Crippen LogP contribution in [-0.2, 0) is 4.79 Å². The Hall–Kier alpha value is -1.01. The molecule has 0 saturated carbocycles. The van der Waals surface area contributed by atoms with Crippen LogP contribution < -0.4 is 5.32 Å². The fraction of sp³-hybridized carbons (Fsp3) is 0.529. The molecule has 1 atom stereocenters. The van der Waals surface area contributed by atoms with E-state index in [1.165, 1.54) is 0 Å². The van der Waals surface area contributed by atoms with E-state index in [2.05, 4.69) is 5.32 Å². The molecule has 25 heavy (non-hydrogen) atoms. The maximum atomic E-state index is 12.6. The number of amides is 2. The quantitative estimate of drug-likeness (QED) is 0.821. The maximum Gasteiger partial charge on any atom is 0.254 e. The molecule has 5 nitrogen and oxygen atoms in total. The van der Waals surface area contributed by atoms with Gasteiger partial charge in [-0.05, 0) is 37.6 Å². The first-order valence-corrected chi connectivity index (χ1v) is 9.05. The second-order valence-electron chi connectivity index (χ2n) is 6.32. The molecule has 1 N–H and O–H groups in total. The van der Waals surface area contributed by atoms with E-state index in [-0.39, 0.29) is 30.1 Å². The summed E-state index contributed by atoms with van der Waals surface area (Å²) in [5, 5.41) is 4.17. The summed E-state index contributed by atoms with van der Waals surface area (Å²) < 4.78 is 0. The Morgan fingerprint density at radius 2 is 1.60 bits per heavy atom. The van der Waals surface area contributed by atoms with E-state index in [0.29, 0.717) is 41.8 Å². The number of benzene rings is 1. The molecular weight excluding hydrogens is 385 g/mol. The molecule has 2 aliphatic rings. The fourth-order valence-corrected chi connectivity index (χ4v) is 3.84. The second kappa shape index (κ2) is 9.08. The van der Waals surface area contributed by atoms with Crippen molar-refractivity contribution in [2.45, 2.75) is 12.8 Å². The van der Waals surface area contributed by atoms with Crippen molar-refractivity contribution < 1.29 is 9.59 Å². The predicted octanol–water partition coefficient (Wildman–Crippen LogP) is 2.70. The monoisotopic (exact) mass is 405 g/mol. The summed E-state index contributed by atoms with van der Waals surface area (Å²) in [5.74, 6) is 0.193. The highest BCUT2D eigenvalue weighted by Gasteiger charge is 2.30. The molecule has 2 saturated heterocycles. The zero-order chi connectivity index (χ0) is 17.1. The molecule has 138 valence electrons. The van der Waals surface area contributed by atoms with Gasteiger partial charge in [-0.15, -0.1) is 12.4 Å². The third-order valence-electron chi connectivity index (χ3n) is 4.63. The van der Waals surface area contributed by atoms with Crippen LogP contribution >= 0.6 is 35.6 Å². The van der Waals surface area contributed by atoms with Gasteiger partial charge < -0.3 is 15.1 Å². The summed E-state index contributed by atoms with van der Waals surface area (Å²) in [5.41, 5.74) is 0.490. The van der Waals surface area contributed by atoms with Crippen molar-refractivity contribution >= 4 is 47.4 Å². The van der Waals surface area contributed by atoms with Gasteiger partial charge in [0.05, 0.1) is 5.92 Å². The zero-order valence-electron chi connectivity index (χ0n) is 13.8. The average molecular weight is 407 g/mol. The van der Waals surface area contributed by atoms with Crippen LogP contribution in [0.5, 0.6) is 0 Å². The minimum absolute atomic E-state index is 0. The molecule has 2 aliphatic heterocycles. The zero-order valence-corrected chi connectivity index (χ0v) is 16.2. The van der Waals surface area contributed by atoms with Gasteiger partial charge in [-0.1, -0.05) is 23.2 Å². The van der Waals surface area contributed by atoms with Crippen molar-refractivity contribution in [1.29, 1.82) is 0 Å². The first-order chi connectivity index (χ1) is 11.5. The van der Waals surface area contributed by atoms with Crippen LogP contribution in [-0.4, -0.2) is 60.9 Å². The van der Waals surface area contributed by atoms with Crippen molar-refractivity contribution in [3.05, 3.63) is 33.8 Å². The van der Waals surface area contributed by atoms with E-state index in [9.17, 15) is 9.59 Å². The van der Waals surface area contributed by atoms with Crippen LogP contribution in [0.3, 0.4) is 0 Å². The Kier molecular flexibility index (Phi) is 7.37. The Morgan fingerprint density at radius 1 is 1.00 bits per heavy atom. The number of hydrogen-bond donors (Lipinski definition) is 1. The molecule has 2 amide bonds. The van der Waals surface area contributed by atoms with Gasteiger partial charge in [0, 0.05) is 48.3 Å². The van der Waals surface area contributed by atoms with Gasteiger partial charge in [-0.3, -0.25) is 9.59 Å². The lowest BCUT2D eigenvalue weighted by Gasteiger charge is -2.37. The Morgan fingerprint density at radius 3 is 2.16 bits per heavy atom. The van der Waals surface area contributed by atoms with E-state index in [1.54, 1.807) is 23.1 Å². The number of piperidine rings is 1. The van der Waals surface area contributed by atoms with Gasteiger partial charge in [0.25, 0.3) is 5.91 Å². The number of nitrogens with zero attached hydrogens (tertiary/aromatic N) is 2. The number of rotatable bonds is 2. The summed E-state index contributed by atoms with van der Waals surface area (Å²) in [6, 6.07) is 4.86. The molecule has 0 radical (unpaired) electrons. The second-order valence-corrected chi connectivity index (χ2v) is 7.19. The topological polar surface area (TPSA) is 52.7 Å². The van der Waals surface area contributed by atoms with Gasteiger partial charge in [-0.25, -0.2) is 0 Å². The molecule has 8 heteroatoms. The van der Waals surface area contributed by atoms with Gasteiger partial charge >= 0.3 is 0 Å². The first-order valence-electron chi connectivity index (χ1n) is 8.29. The lowest BCUT2D eigenvalue weighted by atomic mass is 9.98. The number of piperazine rings is 1. The van der Waals surface area contributed by atoms with Crippen molar-refractivity contribution in [3.63, 3.8) is 0 Å². The molecule has 2 fully saturated rings. The lowest BCUT2D eigenvalue weighted by molar-refractivity contribution is -0.137. The maximum absolute atomic E-state index is 12.6. The van der Waals surface area contributed by atoms with E-state index in [1.807, 2.05) is 4.90 Å². The largest absolute Gasteiger partial charge is 0.339 e. The van der Waals surface area contributed by atoms with Crippen molar-refractivity contribution in [2.75, 3.05) is 39.3 Å². The Labute approximate surface area is 164 Å². The molecule has 1 aromatic rings. The number of halogens is 3. The number of carbonyl (C=O) groups excluding carboxylic acids is 2. The number of carbonyl (C=O) groups is 2.